The first kappa shape index (κ1) is 33.4. The average Bonchev–Trinajstić information content (AvgIpc) is 2.87. The third kappa shape index (κ3) is 11.3. The van der Waals surface area contributed by atoms with Gasteiger partial charge in [-0.1, -0.05) is 24.6 Å². The molecule has 11 nitrogen and oxygen atoms in total. The SMILES string of the molecule is CCC(COC)NS(=O)(=O)NC(=O)OCCCc1ccc(OCCOC)cc1Oc1ncc(C(F)(F)F)cc1Cl. The minimum atomic E-state index is -4.63. The van der Waals surface area contributed by atoms with Gasteiger partial charge in [-0.15, -0.1) is 0 Å². The summed E-state index contributed by atoms with van der Waals surface area (Å²) in [6.45, 7) is 2.28. The lowest BCUT2D eigenvalue weighted by Crippen LogP contribution is -2.46. The molecule has 1 aromatic heterocycles. The number of nitrogens with zero attached hydrogens (tertiary/aromatic N) is 1. The largest absolute Gasteiger partial charge is 0.491 e. The number of carbonyl (C=O) groups is 1. The van der Waals surface area contributed by atoms with Gasteiger partial charge in [0, 0.05) is 32.5 Å². The smallest absolute Gasteiger partial charge is 0.421 e. The van der Waals surface area contributed by atoms with Crippen molar-refractivity contribution in [3.05, 3.63) is 46.6 Å². The predicted octanol–water partition coefficient (Wildman–Crippen LogP) is 4.49. The molecule has 1 aromatic carbocycles. The summed E-state index contributed by atoms with van der Waals surface area (Å²) in [7, 11) is -1.23. The van der Waals surface area contributed by atoms with Crippen LogP contribution in [-0.2, 0) is 37.0 Å². The summed E-state index contributed by atoms with van der Waals surface area (Å²) in [5.74, 6) is 0.340. The Bertz CT molecular complexity index is 1220. The molecule has 2 rings (SSSR count). The Morgan fingerprint density at radius 1 is 1.12 bits per heavy atom. The van der Waals surface area contributed by atoms with Crippen LogP contribution in [0.15, 0.2) is 30.5 Å². The van der Waals surface area contributed by atoms with E-state index in [2.05, 4.69) is 9.71 Å². The van der Waals surface area contributed by atoms with Crippen molar-refractivity contribution >= 4 is 27.9 Å². The summed E-state index contributed by atoms with van der Waals surface area (Å²) in [4.78, 5) is 15.7. The average molecular weight is 614 g/mol. The van der Waals surface area contributed by atoms with Gasteiger partial charge in [0.15, 0.2) is 0 Å². The lowest BCUT2D eigenvalue weighted by Gasteiger charge is -2.16. The normalized spacial score (nSPS) is 12.6. The van der Waals surface area contributed by atoms with Crippen LogP contribution in [0.5, 0.6) is 17.4 Å². The standard InChI is InChI=1S/C24H31ClF3N3O8S/c1-4-18(15-36-3)30-40(33,34)31-23(32)38-9-5-6-16-7-8-19(37-11-10-35-2)13-21(16)39-22-20(25)12-17(14-29-22)24(26,27)28/h7-8,12-14,18,30H,4-6,9-11,15H2,1-3H3,(H,31,32). The molecular formula is C24H31ClF3N3O8S. The van der Waals surface area contributed by atoms with E-state index in [4.69, 9.17) is 35.3 Å². The summed E-state index contributed by atoms with van der Waals surface area (Å²) >= 11 is 5.99. The van der Waals surface area contributed by atoms with E-state index >= 15 is 0 Å². The number of hydrogen-bond acceptors (Lipinski definition) is 9. The minimum Gasteiger partial charge on any atom is -0.491 e. The summed E-state index contributed by atoms with van der Waals surface area (Å²) in [5.41, 5.74) is -0.459. The molecule has 40 heavy (non-hydrogen) atoms. The number of carbonyl (C=O) groups excluding carboxylic acids is 1. The van der Waals surface area contributed by atoms with Gasteiger partial charge in [0.1, 0.15) is 23.1 Å². The van der Waals surface area contributed by atoms with Gasteiger partial charge in [0.05, 0.1) is 25.4 Å². The highest BCUT2D eigenvalue weighted by atomic mass is 35.5. The molecule has 0 saturated heterocycles. The van der Waals surface area contributed by atoms with Crippen molar-refractivity contribution in [3.63, 3.8) is 0 Å². The highest BCUT2D eigenvalue weighted by Gasteiger charge is 2.32. The maximum atomic E-state index is 13.0. The van der Waals surface area contributed by atoms with Crippen molar-refractivity contribution in [3.8, 4) is 17.4 Å². The zero-order valence-corrected chi connectivity index (χ0v) is 23.6. The Morgan fingerprint density at radius 2 is 1.88 bits per heavy atom. The highest BCUT2D eigenvalue weighted by Crippen LogP contribution is 2.36. The first-order valence-electron chi connectivity index (χ1n) is 12.0. The van der Waals surface area contributed by atoms with Gasteiger partial charge in [-0.3, -0.25) is 0 Å². The van der Waals surface area contributed by atoms with Crippen molar-refractivity contribution in [2.75, 3.05) is 40.6 Å². The molecule has 0 fully saturated rings. The van der Waals surface area contributed by atoms with Crippen molar-refractivity contribution in [2.45, 2.75) is 38.4 Å². The van der Waals surface area contributed by atoms with Crippen LogP contribution in [0.4, 0.5) is 18.0 Å². The van der Waals surface area contributed by atoms with E-state index in [-0.39, 0.29) is 49.3 Å². The number of aromatic nitrogens is 1. The number of pyridine rings is 1. The topological polar surface area (TPSA) is 134 Å². The van der Waals surface area contributed by atoms with E-state index in [1.807, 2.05) is 0 Å². The Kier molecular flexibility index (Phi) is 13.2. The summed E-state index contributed by atoms with van der Waals surface area (Å²) in [5, 5.41) is -0.350. The van der Waals surface area contributed by atoms with Crippen LogP contribution in [-0.4, -0.2) is 66.2 Å². The van der Waals surface area contributed by atoms with Crippen molar-refractivity contribution in [2.24, 2.45) is 0 Å². The first-order chi connectivity index (χ1) is 18.9. The first-order valence-corrected chi connectivity index (χ1v) is 13.9. The number of nitrogens with one attached hydrogen (secondary N) is 2. The van der Waals surface area contributed by atoms with E-state index in [0.29, 0.717) is 36.6 Å². The minimum absolute atomic E-state index is 0.125. The van der Waals surface area contributed by atoms with Crippen molar-refractivity contribution in [1.29, 1.82) is 0 Å². The van der Waals surface area contributed by atoms with Gasteiger partial charge in [0.25, 0.3) is 0 Å². The lowest BCUT2D eigenvalue weighted by atomic mass is 10.1. The fraction of sp³-hybridized carbons (Fsp3) is 0.500. The van der Waals surface area contributed by atoms with Gasteiger partial charge in [-0.05, 0) is 37.0 Å². The van der Waals surface area contributed by atoms with Gasteiger partial charge in [-0.25, -0.2) is 14.5 Å². The number of hydrogen-bond donors (Lipinski definition) is 2. The van der Waals surface area contributed by atoms with Crippen LogP contribution in [0.25, 0.3) is 0 Å². The summed E-state index contributed by atoms with van der Waals surface area (Å²) < 4.78 is 93.3. The number of alkyl halides is 3. The Labute approximate surface area is 235 Å². The summed E-state index contributed by atoms with van der Waals surface area (Å²) in [6.07, 6.45) is -4.23. The fourth-order valence-electron chi connectivity index (χ4n) is 3.18. The van der Waals surface area contributed by atoms with E-state index in [1.165, 1.54) is 20.3 Å². The molecule has 2 aromatic rings. The number of rotatable bonds is 16. The molecule has 0 radical (unpaired) electrons. The maximum absolute atomic E-state index is 13.0. The van der Waals surface area contributed by atoms with Crippen LogP contribution >= 0.6 is 11.6 Å². The van der Waals surface area contributed by atoms with Crippen LogP contribution in [0, 0.1) is 0 Å². The second-order valence-electron chi connectivity index (χ2n) is 8.24. The van der Waals surface area contributed by atoms with Crippen LogP contribution in [0.2, 0.25) is 5.02 Å². The molecule has 1 heterocycles. The molecule has 224 valence electrons. The number of benzene rings is 1. The van der Waals surface area contributed by atoms with Gasteiger partial charge < -0.3 is 23.7 Å². The number of halogens is 4. The quantitative estimate of drug-likeness (QED) is 0.263. The van der Waals surface area contributed by atoms with E-state index in [9.17, 15) is 26.4 Å². The fourth-order valence-corrected chi connectivity index (χ4v) is 4.40. The zero-order valence-electron chi connectivity index (χ0n) is 22.0. The molecule has 0 aliphatic rings. The van der Waals surface area contributed by atoms with E-state index < -0.39 is 34.1 Å². The van der Waals surface area contributed by atoms with E-state index in [1.54, 1.807) is 23.8 Å². The lowest BCUT2D eigenvalue weighted by molar-refractivity contribution is -0.137. The maximum Gasteiger partial charge on any atom is 0.421 e. The summed E-state index contributed by atoms with van der Waals surface area (Å²) in [6, 6.07) is 5.00. The molecule has 0 bridgehead atoms. The number of methoxy groups -OCH3 is 2. The van der Waals surface area contributed by atoms with Gasteiger partial charge in [-0.2, -0.15) is 26.3 Å². The Balaban J connectivity index is 2.06. The van der Waals surface area contributed by atoms with Gasteiger partial charge >= 0.3 is 22.5 Å². The molecule has 0 saturated carbocycles. The molecule has 1 atom stereocenters. The third-order valence-corrected chi connectivity index (χ3v) is 6.51. The third-order valence-electron chi connectivity index (χ3n) is 5.16. The molecule has 0 spiro atoms. The zero-order chi connectivity index (χ0) is 29.8. The molecule has 1 amide bonds. The van der Waals surface area contributed by atoms with Crippen LogP contribution in [0.3, 0.4) is 0 Å². The van der Waals surface area contributed by atoms with Crippen LogP contribution in [0.1, 0.15) is 30.9 Å². The number of ether oxygens (including phenoxy) is 5. The second kappa shape index (κ2) is 15.8. The van der Waals surface area contributed by atoms with E-state index in [0.717, 1.165) is 0 Å². The Morgan fingerprint density at radius 3 is 2.50 bits per heavy atom. The number of amides is 1. The Hall–Kier alpha value is -2.85. The second-order valence-corrected chi connectivity index (χ2v) is 10.1. The van der Waals surface area contributed by atoms with Crippen molar-refractivity contribution in [1.82, 2.24) is 14.4 Å². The van der Waals surface area contributed by atoms with Crippen LogP contribution < -0.4 is 18.9 Å². The predicted molar refractivity (Wildman–Crippen MR) is 139 cm³/mol. The number of aryl methyl sites for hydroxylation is 1. The molecule has 2 N–H and O–H groups in total. The molecule has 0 aliphatic heterocycles. The van der Waals surface area contributed by atoms with Gasteiger partial charge in [0.2, 0.25) is 5.88 Å². The molecule has 1 unspecified atom stereocenters. The molecular weight excluding hydrogens is 583 g/mol. The van der Waals surface area contributed by atoms with Crippen molar-refractivity contribution < 1.29 is 50.1 Å². The molecule has 0 aliphatic carbocycles. The highest BCUT2D eigenvalue weighted by molar-refractivity contribution is 7.88. The molecule has 16 heteroatoms. The monoisotopic (exact) mass is 613 g/mol.